The Morgan fingerprint density at radius 1 is 1.29 bits per heavy atom. The lowest BCUT2D eigenvalue weighted by atomic mass is 10.1. The molecule has 2 rings (SSSR count). The largest absolute Gasteiger partial charge is 0.493 e. The highest BCUT2D eigenvalue weighted by Crippen LogP contribution is 2.28. The predicted molar refractivity (Wildman–Crippen MR) is 67.7 cm³/mol. The number of benzene rings is 1. The average Bonchev–Trinajstić information content (AvgIpc) is 3.14. The molecule has 1 aliphatic rings. The van der Waals surface area contributed by atoms with Gasteiger partial charge in [-0.2, -0.15) is 0 Å². The number of ether oxygens (including phenoxy) is 2. The molecule has 4 nitrogen and oxygen atoms in total. The van der Waals surface area contributed by atoms with Gasteiger partial charge in [0, 0.05) is 25.7 Å². The zero-order valence-electron chi connectivity index (χ0n) is 10.5. The molecule has 0 radical (unpaired) electrons. The first kappa shape index (κ1) is 12.2. The minimum absolute atomic E-state index is 0.607. The van der Waals surface area contributed by atoms with E-state index in [1.807, 2.05) is 12.1 Å². The van der Waals surface area contributed by atoms with Crippen molar-refractivity contribution in [1.29, 1.82) is 0 Å². The van der Waals surface area contributed by atoms with Crippen molar-refractivity contribution in [3.8, 4) is 11.5 Å². The standard InChI is InChI=1S/C13H20N2O2/c1-16-12-4-3-10(7-13(12)17-2)5-6-15-9-11(15)8-14/h3-4,7,11H,5-6,8-9,14H2,1-2H3. The molecule has 94 valence electrons. The Kier molecular flexibility index (Phi) is 3.86. The molecule has 0 aromatic heterocycles. The van der Waals surface area contributed by atoms with E-state index in [-0.39, 0.29) is 0 Å². The molecule has 0 amide bonds. The maximum atomic E-state index is 5.60. The average molecular weight is 236 g/mol. The van der Waals surface area contributed by atoms with Gasteiger partial charge >= 0.3 is 0 Å². The van der Waals surface area contributed by atoms with Crippen LogP contribution in [0.1, 0.15) is 5.56 Å². The first-order valence-electron chi connectivity index (χ1n) is 5.93. The molecule has 0 saturated carbocycles. The third kappa shape index (κ3) is 2.90. The van der Waals surface area contributed by atoms with E-state index in [4.69, 9.17) is 15.2 Å². The number of hydrogen-bond donors (Lipinski definition) is 1. The van der Waals surface area contributed by atoms with Gasteiger partial charge < -0.3 is 15.2 Å². The molecule has 0 aliphatic carbocycles. The van der Waals surface area contributed by atoms with Crippen LogP contribution in [0, 0.1) is 0 Å². The van der Waals surface area contributed by atoms with Crippen LogP contribution in [0.25, 0.3) is 0 Å². The highest BCUT2D eigenvalue weighted by atomic mass is 16.5. The quantitative estimate of drug-likeness (QED) is 0.745. The zero-order valence-corrected chi connectivity index (χ0v) is 10.5. The molecule has 1 aliphatic heterocycles. The number of hydrogen-bond acceptors (Lipinski definition) is 4. The summed E-state index contributed by atoms with van der Waals surface area (Å²) in [6.07, 6.45) is 1.02. The van der Waals surface area contributed by atoms with Crippen molar-refractivity contribution in [3.05, 3.63) is 23.8 Å². The lowest BCUT2D eigenvalue weighted by molar-refractivity contribution is 0.354. The summed E-state index contributed by atoms with van der Waals surface area (Å²) >= 11 is 0. The van der Waals surface area contributed by atoms with Crippen LogP contribution >= 0.6 is 0 Å². The van der Waals surface area contributed by atoms with E-state index in [9.17, 15) is 0 Å². The molecule has 0 spiro atoms. The SMILES string of the molecule is COc1ccc(CCN2CC2CN)cc1OC. The van der Waals surface area contributed by atoms with E-state index >= 15 is 0 Å². The minimum atomic E-state index is 0.607. The van der Waals surface area contributed by atoms with Gasteiger partial charge in [-0.25, -0.2) is 0 Å². The van der Waals surface area contributed by atoms with Crippen molar-refractivity contribution in [2.45, 2.75) is 12.5 Å². The summed E-state index contributed by atoms with van der Waals surface area (Å²) < 4.78 is 10.5. The summed E-state index contributed by atoms with van der Waals surface area (Å²) in [6.45, 7) is 2.98. The van der Waals surface area contributed by atoms with Gasteiger partial charge in [0.1, 0.15) is 0 Å². The smallest absolute Gasteiger partial charge is 0.160 e. The van der Waals surface area contributed by atoms with Crippen LogP contribution in [0.5, 0.6) is 11.5 Å². The monoisotopic (exact) mass is 236 g/mol. The molecular formula is C13H20N2O2. The van der Waals surface area contributed by atoms with Gasteiger partial charge in [0.15, 0.2) is 11.5 Å². The summed E-state index contributed by atoms with van der Waals surface area (Å²) in [5.41, 5.74) is 6.87. The maximum Gasteiger partial charge on any atom is 0.160 e. The Morgan fingerprint density at radius 2 is 2.06 bits per heavy atom. The highest BCUT2D eigenvalue weighted by molar-refractivity contribution is 5.42. The van der Waals surface area contributed by atoms with Gasteiger partial charge in [-0.1, -0.05) is 6.07 Å². The summed E-state index contributed by atoms with van der Waals surface area (Å²) in [6, 6.07) is 6.69. The van der Waals surface area contributed by atoms with Gasteiger partial charge in [0.05, 0.1) is 14.2 Å². The fourth-order valence-corrected chi connectivity index (χ4v) is 2.03. The van der Waals surface area contributed by atoms with Crippen LogP contribution in [0.15, 0.2) is 18.2 Å². The molecule has 1 aromatic rings. The zero-order chi connectivity index (χ0) is 12.3. The first-order valence-corrected chi connectivity index (χ1v) is 5.93. The second-order valence-electron chi connectivity index (χ2n) is 4.32. The van der Waals surface area contributed by atoms with Crippen LogP contribution in [-0.4, -0.2) is 44.8 Å². The number of rotatable bonds is 6. The Bertz CT molecular complexity index is 382. The molecule has 2 N–H and O–H groups in total. The summed E-state index contributed by atoms with van der Waals surface area (Å²) in [7, 11) is 3.32. The van der Waals surface area contributed by atoms with Crippen molar-refractivity contribution < 1.29 is 9.47 Å². The highest BCUT2D eigenvalue weighted by Gasteiger charge is 2.31. The van der Waals surface area contributed by atoms with E-state index in [0.29, 0.717) is 6.04 Å². The predicted octanol–water partition coefficient (Wildman–Crippen LogP) is 0.889. The lowest BCUT2D eigenvalue weighted by Gasteiger charge is -2.10. The van der Waals surface area contributed by atoms with Gasteiger partial charge in [-0.05, 0) is 24.1 Å². The summed E-state index contributed by atoms with van der Waals surface area (Å²) in [5.74, 6) is 1.58. The molecular weight excluding hydrogens is 216 g/mol. The van der Waals surface area contributed by atoms with Gasteiger partial charge in [-0.15, -0.1) is 0 Å². The van der Waals surface area contributed by atoms with E-state index in [1.165, 1.54) is 5.56 Å². The molecule has 1 heterocycles. The number of nitrogens with two attached hydrogens (primary N) is 1. The summed E-state index contributed by atoms with van der Waals surface area (Å²) in [4.78, 5) is 2.39. The number of nitrogens with zero attached hydrogens (tertiary/aromatic N) is 1. The first-order chi connectivity index (χ1) is 8.28. The van der Waals surface area contributed by atoms with E-state index in [1.54, 1.807) is 14.2 Å². The van der Waals surface area contributed by atoms with Crippen molar-refractivity contribution >= 4 is 0 Å². The summed E-state index contributed by atoms with van der Waals surface area (Å²) in [5, 5.41) is 0. The fraction of sp³-hybridized carbons (Fsp3) is 0.538. The van der Waals surface area contributed by atoms with Gasteiger partial charge in [0.2, 0.25) is 0 Å². The Labute approximate surface area is 102 Å². The van der Waals surface area contributed by atoms with E-state index < -0.39 is 0 Å². The van der Waals surface area contributed by atoms with Crippen LogP contribution < -0.4 is 15.2 Å². The normalized spacial score (nSPS) is 22.3. The Hall–Kier alpha value is -1.26. The van der Waals surface area contributed by atoms with Crippen LogP contribution in [-0.2, 0) is 6.42 Å². The van der Waals surface area contributed by atoms with Crippen molar-refractivity contribution in [3.63, 3.8) is 0 Å². The van der Waals surface area contributed by atoms with Crippen LogP contribution in [0.2, 0.25) is 0 Å². The van der Waals surface area contributed by atoms with Crippen molar-refractivity contribution in [1.82, 2.24) is 4.90 Å². The lowest BCUT2D eigenvalue weighted by Crippen LogP contribution is -2.14. The fourth-order valence-electron chi connectivity index (χ4n) is 2.03. The molecule has 17 heavy (non-hydrogen) atoms. The minimum Gasteiger partial charge on any atom is -0.493 e. The third-order valence-corrected chi connectivity index (χ3v) is 3.24. The van der Waals surface area contributed by atoms with Crippen LogP contribution in [0.3, 0.4) is 0 Å². The molecule has 2 atom stereocenters. The molecule has 0 bridgehead atoms. The third-order valence-electron chi connectivity index (χ3n) is 3.24. The van der Waals surface area contributed by atoms with Crippen molar-refractivity contribution in [2.75, 3.05) is 33.9 Å². The number of methoxy groups -OCH3 is 2. The molecule has 4 heteroatoms. The van der Waals surface area contributed by atoms with Crippen LogP contribution in [0.4, 0.5) is 0 Å². The Balaban J connectivity index is 1.92. The molecule has 2 unspecified atom stereocenters. The molecule has 1 aromatic carbocycles. The van der Waals surface area contributed by atoms with E-state index in [0.717, 1.165) is 37.6 Å². The van der Waals surface area contributed by atoms with Crippen molar-refractivity contribution in [2.24, 2.45) is 5.73 Å². The van der Waals surface area contributed by atoms with E-state index in [2.05, 4.69) is 11.0 Å². The van der Waals surface area contributed by atoms with Gasteiger partial charge in [0.25, 0.3) is 0 Å². The second-order valence-corrected chi connectivity index (χ2v) is 4.32. The Morgan fingerprint density at radius 3 is 2.65 bits per heavy atom. The second kappa shape index (κ2) is 5.38. The van der Waals surface area contributed by atoms with Gasteiger partial charge in [-0.3, -0.25) is 4.90 Å². The molecule has 1 fully saturated rings. The molecule has 1 saturated heterocycles. The maximum absolute atomic E-state index is 5.60. The topological polar surface area (TPSA) is 47.5 Å².